The van der Waals surface area contributed by atoms with Crippen LogP contribution in [0.25, 0.3) is 87.6 Å². The Hall–Kier alpha value is -5.66. The maximum Gasteiger partial charge on any atom is 0.136 e. The molecule has 0 fully saturated rings. The summed E-state index contributed by atoms with van der Waals surface area (Å²) in [5.41, 5.74) is 9.06. The Morgan fingerprint density at radius 3 is 1.40 bits per heavy atom. The van der Waals surface area contributed by atoms with E-state index in [-0.39, 0.29) is 0 Å². The highest BCUT2D eigenvalue weighted by Gasteiger charge is 2.13. The van der Waals surface area contributed by atoms with Gasteiger partial charge in [-0.1, -0.05) is 121 Å². The van der Waals surface area contributed by atoms with Gasteiger partial charge in [0.05, 0.1) is 0 Å². The van der Waals surface area contributed by atoms with Crippen LogP contribution in [0.1, 0.15) is 0 Å². The van der Waals surface area contributed by atoms with Gasteiger partial charge in [0.1, 0.15) is 11.2 Å². The Morgan fingerprint density at radius 1 is 0.233 bits per heavy atom. The predicted octanol–water partition coefficient (Wildman–Crippen LogP) is 12.0. The van der Waals surface area contributed by atoms with Crippen molar-refractivity contribution in [1.29, 1.82) is 0 Å². The van der Waals surface area contributed by atoms with E-state index in [0.717, 1.165) is 27.5 Å². The molecule has 0 saturated heterocycles. The van der Waals surface area contributed by atoms with Crippen molar-refractivity contribution in [2.75, 3.05) is 0 Å². The molecule has 0 spiro atoms. The van der Waals surface area contributed by atoms with Crippen molar-refractivity contribution in [2.45, 2.75) is 0 Å². The van der Waals surface area contributed by atoms with Crippen LogP contribution in [0.3, 0.4) is 0 Å². The first kappa shape index (κ1) is 24.0. The molecule has 9 aromatic rings. The Balaban J connectivity index is 1.20. The van der Waals surface area contributed by atoms with Crippen LogP contribution >= 0.6 is 0 Å². The van der Waals surface area contributed by atoms with Crippen LogP contribution in [0.15, 0.2) is 162 Å². The van der Waals surface area contributed by atoms with E-state index in [4.69, 9.17) is 4.42 Å². The van der Waals surface area contributed by atoms with Gasteiger partial charge in [-0.15, -0.1) is 0 Å². The molecule has 0 saturated carbocycles. The predicted molar refractivity (Wildman–Crippen MR) is 183 cm³/mol. The van der Waals surface area contributed by atoms with Gasteiger partial charge in [-0.25, -0.2) is 0 Å². The van der Waals surface area contributed by atoms with E-state index in [1.165, 1.54) is 60.1 Å². The maximum absolute atomic E-state index is 6.19. The number of para-hydroxylation sites is 1. The lowest BCUT2D eigenvalue weighted by Crippen LogP contribution is -1.87. The average molecular weight is 547 g/mol. The van der Waals surface area contributed by atoms with Crippen molar-refractivity contribution in [3.8, 4) is 33.4 Å². The minimum Gasteiger partial charge on any atom is -0.456 e. The zero-order chi connectivity index (χ0) is 28.3. The summed E-state index contributed by atoms with van der Waals surface area (Å²) in [6.07, 6.45) is 0. The second-order valence-corrected chi connectivity index (χ2v) is 11.3. The fraction of sp³-hybridized carbons (Fsp3) is 0. The van der Waals surface area contributed by atoms with Crippen LogP contribution in [0, 0.1) is 0 Å². The van der Waals surface area contributed by atoms with Gasteiger partial charge in [0.15, 0.2) is 0 Å². The van der Waals surface area contributed by atoms with Crippen LogP contribution in [0.4, 0.5) is 0 Å². The lowest BCUT2D eigenvalue weighted by atomic mass is 9.90. The van der Waals surface area contributed by atoms with Crippen LogP contribution in [0.2, 0.25) is 0 Å². The van der Waals surface area contributed by atoms with Gasteiger partial charge in [-0.2, -0.15) is 0 Å². The summed E-state index contributed by atoms with van der Waals surface area (Å²) in [7, 11) is 0. The van der Waals surface area contributed by atoms with Crippen LogP contribution < -0.4 is 0 Å². The van der Waals surface area contributed by atoms with E-state index in [2.05, 4.69) is 146 Å². The van der Waals surface area contributed by atoms with Gasteiger partial charge in [0.2, 0.25) is 0 Å². The molecule has 9 rings (SSSR count). The largest absolute Gasteiger partial charge is 0.456 e. The average Bonchev–Trinajstić information content (AvgIpc) is 3.46. The van der Waals surface area contributed by atoms with Gasteiger partial charge in [-0.05, 0) is 102 Å². The molecular formula is C42H26O. The van der Waals surface area contributed by atoms with Crippen molar-refractivity contribution >= 4 is 54.3 Å². The minimum absolute atomic E-state index is 0.919. The lowest BCUT2D eigenvalue weighted by Gasteiger charge is -2.14. The molecule has 1 aromatic heterocycles. The molecule has 0 amide bonds. The van der Waals surface area contributed by atoms with Crippen molar-refractivity contribution in [3.63, 3.8) is 0 Å². The smallest absolute Gasteiger partial charge is 0.136 e. The van der Waals surface area contributed by atoms with E-state index in [1.807, 2.05) is 12.1 Å². The molecule has 0 radical (unpaired) electrons. The quantitative estimate of drug-likeness (QED) is 0.201. The summed E-state index contributed by atoms with van der Waals surface area (Å²) in [5, 5.41) is 10.0. The van der Waals surface area contributed by atoms with E-state index in [1.54, 1.807) is 0 Å². The van der Waals surface area contributed by atoms with Gasteiger partial charge in [0.25, 0.3) is 0 Å². The summed E-state index contributed by atoms with van der Waals surface area (Å²) < 4.78 is 6.19. The van der Waals surface area contributed by atoms with E-state index >= 15 is 0 Å². The van der Waals surface area contributed by atoms with E-state index in [9.17, 15) is 0 Å². The molecule has 0 aliphatic rings. The third kappa shape index (κ3) is 3.86. The Morgan fingerprint density at radius 2 is 0.674 bits per heavy atom. The molecule has 200 valence electrons. The zero-order valence-electron chi connectivity index (χ0n) is 23.4. The summed E-state index contributed by atoms with van der Waals surface area (Å²) in [6, 6.07) is 56.9. The van der Waals surface area contributed by atoms with Gasteiger partial charge < -0.3 is 4.42 Å². The molecule has 0 aliphatic carbocycles. The SMILES string of the molecule is c1ccc(-c2ccc3c(c2)c2ccccc2c2ccc(-c4cccc(-c5ccc6c(c5)oc5ccccc56)c4)cc23)cc1. The summed E-state index contributed by atoms with van der Waals surface area (Å²) in [4.78, 5) is 0. The second kappa shape index (κ2) is 9.44. The van der Waals surface area contributed by atoms with E-state index in [0.29, 0.717) is 0 Å². The molecule has 0 aliphatic heterocycles. The molecular weight excluding hydrogens is 520 g/mol. The second-order valence-electron chi connectivity index (χ2n) is 11.3. The van der Waals surface area contributed by atoms with Crippen molar-refractivity contribution in [3.05, 3.63) is 158 Å². The van der Waals surface area contributed by atoms with E-state index < -0.39 is 0 Å². The van der Waals surface area contributed by atoms with Crippen molar-refractivity contribution in [1.82, 2.24) is 0 Å². The molecule has 0 unspecified atom stereocenters. The van der Waals surface area contributed by atoms with Gasteiger partial charge in [-0.3, -0.25) is 0 Å². The zero-order valence-corrected chi connectivity index (χ0v) is 23.4. The van der Waals surface area contributed by atoms with Crippen LogP contribution in [-0.2, 0) is 0 Å². The summed E-state index contributed by atoms with van der Waals surface area (Å²) in [6.45, 7) is 0. The first-order chi connectivity index (χ1) is 21.3. The molecule has 1 heteroatoms. The van der Waals surface area contributed by atoms with Gasteiger partial charge >= 0.3 is 0 Å². The number of benzene rings is 8. The highest BCUT2D eigenvalue weighted by Crippen LogP contribution is 2.39. The fourth-order valence-corrected chi connectivity index (χ4v) is 6.73. The number of rotatable bonds is 3. The Kier molecular flexibility index (Phi) is 5.27. The monoisotopic (exact) mass is 546 g/mol. The molecule has 0 atom stereocenters. The molecule has 1 nitrogen and oxygen atoms in total. The maximum atomic E-state index is 6.19. The fourth-order valence-electron chi connectivity index (χ4n) is 6.73. The highest BCUT2D eigenvalue weighted by molar-refractivity contribution is 6.26. The number of fused-ring (bicyclic) bond motifs is 9. The molecule has 0 bridgehead atoms. The van der Waals surface area contributed by atoms with Crippen molar-refractivity contribution in [2.24, 2.45) is 0 Å². The molecule has 0 N–H and O–H groups in total. The first-order valence-corrected chi connectivity index (χ1v) is 14.8. The standard InChI is InChI=1S/C42H26O/c1-2-9-27(10-3-1)30-17-21-36-39(24-30)34-14-5-4-13-33(34)35-20-18-31(25-40(35)36)28-11-8-12-29(23-28)32-19-22-38-37-15-6-7-16-41(37)43-42(38)26-32/h1-26H. The molecule has 43 heavy (non-hydrogen) atoms. The molecule has 1 heterocycles. The molecule has 8 aromatic carbocycles. The Labute approximate surface area is 249 Å². The highest BCUT2D eigenvalue weighted by atomic mass is 16.3. The number of hydrogen-bond donors (Lipinski definition) is 0. The topological polar surface area (TPSA) is 13.1 Å². The summed E-state index contributed by atoms with van der Waals surface area (Å²) >= 11 is 0. The van der Waals surface area contributed by atoms with Crippen LogP contribution in [-0.4, -0.2) is 0 Å². The van der Waals surface area contributed by atoms with Crippen molar-refractivity contribution < 1.29 is 4.42 Å². The number of hydrogen-bond acceptors (Lipinski definition) is 1. The minimum atomic E-state index is 0.919. The third-order valence-electron chi connectivity index (χ3n) is 8.85. The third-order valence-corrected chi connectivity index (χ3v) is 8.85. The lowest BCUT2D eigenvalue weighted by molar-refractivity contribution is 0.669. The normalized spacial score (nSPS) is 11.7. The Bertz CT molecular complexity index is 2500. The van der Waals surface area contributed by atoms with Crippen LogP contribution in [0.5, 0.6) is 0 Å². The first-order valence-electron chi connectivity index (χ1n) is 14.8. The summed E-state index contributed by atoms with van der Waals surface area (Å²) in [5.74, 6) is 0. The van der Waals surface area contributed by atoms with Gasteiger partial charge in [0, 0.05) is 10.8 Å². The number of furan rings is 1.